The monoisotopic (exact) mass is 271 g/mol. The van der Waals surface area contributed by atoms with Crippen molar-refractivity contribution in [2.45, 2.75) is 22.9 Å². The molecule has 0 aromatic heterocycles. The van der Waals surface area contributed by atoms with E-state index in [-0.39, 0.29) is 0 Å². The summed E-state index contributed by atoms with van der Waals surface area (Å²) >= 11 is -3.36. The van der Waals surface area contributed by atoms with Gasteiger partial charge in [-0.15, -0.1) is 17.6 Å². The van der Waals surface area contributed by atoms with Crippen LogP contribution in [0.5, 0.6) is 0 Å². The third-order valence-electron chi connectivity index (χ3n) is 0.963. The molecule has 0 nitrogen and oxygen atoms in total. The summed E-state index contributed by atoms with van der Waals surface area (Å²) in [6, 6.07) is 0. The molecule has 0 unspecified atom stereocenters. The van der Waals surface area contributed by atoms with E-state index in [2.05, 4.69) is 0 Å². The smallest absolute Gasteiger partial charge is 0.160 e. The highest BCUT2D eigenvalue weighted by Crippen LogP contribution is 2.46. The first kappa shape index (κ1) is 14.6. The molecule has 0 rings (SSSR count). The van der Waals surface area contributed by atoms with Crippen LogP contribution in [0.15, 0.2) is 0 Å². The molecule has 0 saturated heterocycles. The molecule has 0 radical (unpaired) electrons. The molecular formula is C4HF10S+. The van der Waals surface area contributed by atoms with Gasteiger partial charge >= 0.3 is 22.9 Å². The zero-order valence-electron chi connectivity index (χ0n) is 6.23. The average Bonchev–Trinajstić information content (AvgIpc) is 1.77. The van der Waals surface area contributed by atoms with Gasteiger partial charge in [-0.25, -0.2) is 0 Å². The van der Waals surface area contributed by atoms with Crippen molar-refractivity contribution in [3.8, 4) is 0 Å². The van der Waals surface area contributed by atoms with Crippen LogP contribution >= 0.6 is 0 Å². The topological polar surface area (TPSA) is 0 Å². The summed E-state index contributed by atoms with van der Waals surface area (Å²) in [6.45, 7) is 0. The molecule has 0 atom stereocenters. The molecule has 15 heavy (non-hydrogen) atoms. The second kappa shape index (κ2) is 3.59. The van der Waals surface area contributed by atoms with Gasteiger partial charge in [0.2, 0.25) is 0 Å². The molecule has 0 saturated carbocycles. The second-order valence-electron chi connectivity index (χ2n) is 2.19. The first-order chi connectivity index (χ1) is 6.21. The Balaban J connectivity index is 4.89. The Morgan fingerprint density at radius 3 is 0.800 bits per heavy atom. The predicted molar refractivity (Wildman–Crippen MR) is 30.8 cm³/mol. The van der Waals surface area contributed by atoms with E-state index in [1.54, 1.807) is 0 Å². The minimum absolute atomic E-state index is 3.36. The molecule has 0 aromatic carbocycles. The van der Waals surface area contributed by atoms with Gasteiger partial charge in [0.05, 0.1) is 0 Å². The Morgan fingerprint density at radius 1 is 0.467 bits per heavy atom. The van der Waals surface area contributed by atoms with Crippen molar-refractivity contribution in [1.29, 1.82) is 0 Å². The van der Waals surface area contributed by atoms with Gasteiger partial charge in [-0.1, -0.05) is 0 Å². The van der Waals surface area contributed by atoms with Crippen LogP contribution in [0.1, 0.15) is 0 Å². The third kappa shape index (κ3) is 3.31. The minimum atomic E-state index is -6.46. The second-order valence-corrected chi connectivity index (χ2v) is 3.54. The van der Waals surface area contributed by atoms with Gasteiger partial charge in [-0.05, 0) is 0 Å². The zero-order chi connectivity index (χ0) is 12.7. The molecule has 11 heteroatoms. The number of alkyl halides is 10. The van der Waals surface area contributed by atoms with Crippen LogP contribution in [-0.4, -0.2) is 22.9 Å². The summed E-state index contributed by atoms with van der Waals surface area (Å²) in [5.74, 6) is 0. The van der Waals surface area contributed by atoms with Crippen LogP contribution in [0.2, 0.25) is 0 Å². The van der Waals surface area contributed by atoms with Crippen LogP contribution < -0.4 is 0 Å². The molecule has 0 bridgehead atoms. The molecular weight excluding hydrogens is 270 g/mol. The van der Waals surface area contributed by atoms with Crippen LogP contribution in [0.25, 0.3) is 0 Å². The van der Waals surface area contributed by atoms with E-state index in [0.717, 1.165) is 0 Å². The van der Waals surface area contributed by atoms with E-state index in [4.69, 9.17) is 0 Å². The standard InChI is InChI=1S/C4F10S/c5-1(6,7)3(11,12)15-4(13,14)2(8,9)10/p+1. The molecule has 92 valence electrons. The normalized spacial score (nSPS) is 15.6. The Morgan fingerprint density at radius 2 is 0.667 bits per heavy atom. The van der Waals surface area contributed by atoms with E-state index in [1.807, 2.05) is 0 Å². The Labute approximate surface area is 79.6 Å². The van der Waals surface area contributed by atoms with Gasteiger partial charge < -0.3 is 0 Å². The van der Waals surface area contributed by atoms with Crippen molar-refractivity contribution in [3.63, 3.8) is 0 Å². The van der Waals surface area contributed by atoms with Crippen LogP contribution in [-0.2, 0) is 11.8 Å². The summed E-state index contributed by atoms with van der Waals surface area (Å²) in [5, 5.41) is -12.2. The number of halogens is 10. The fourth-order valence-corrected chi connectivity index (χ4v) is 0.909. The molecule has 0 amide bonds. The van der Waals surface area contributed by atoms with Crippen molar-refractivity contribution >= 4 is 11.8 Å². The van der Waals surface area contributed by atoms with Crippen molar-refractivity contribution in [1.82, 2.24) is 0 Å². The lowest BCUT2D eigenvalue weighted by molar-refractivity contribution is -0.256. The van der Waals surface area contributed by atoms with E-state index in [9.17, 15) is 43.9 Å². The summed E-state index contributed by atoms with van der Waals surface area (Å²) in [7, 11) is 0. The van der Waals surface area contributed by atoms with Crippen molar-refractivity contribution in [2.75, 3.05) is 0 Å². The van der Waals surface area contributed by atoms with Gasteiger partial charge in [0, 0.05) is 0 Å². The van der Waals surface area contributed by atoms with Crippen molar-refractivity contribution in [2.24, 2.45) is 0 Å². The number of thiol groups is 1. The maximum atomic E-state index is 11.8. The van der Waals surface area contributed by atoms with E-state index in [1.165, 1.54) is 0 Å². The maximum Gasteiger partial charge on any atom is 0.510 e. The summed E-state index contributed by atoms with van der Waals surface area (Å²) < 4.78 is 115. The van der Waals surface area contributed by atoms with Gasteiger partial charge in [0.1, 0.15) is 11.8 Å². The van der Waals surface area contributed by atoms with E-state index < -0.39 is 34.6 Å². The molecule has 0 fully saturated rings. The fraction of sp³-hybridized carbons (Fsp3) is 1.00. The Kier molecular flexibility index (Phi) is 3.51. The lowest BCUT2D eigenvalue weighted by Gasteiger charge is -2.17. The van der Waals surface area contributed by atoms with Crippen molar-refractivity contribution < 1.29 is 43.9 Å². The molecule has 0 N–H and O–H groups in total. The first-order valence-electron chi connectivity index (χ1n) is 2.84. The molecule has 0 aliphatic rings. The summed E-state index contributed by atoms with van der Waals surface area (Å²) in [4.78, 5) is 0. The van der Waals surface area contributed by atoms with Crippen LogP contribution in [0, 0.1) is 0 Å². The lowest BCUT2D eigenvalue weighted by atomic mass is 10.7. The van der Waals surface area contributed by atoms with Crippen LogP contribution in [0.4, 0.5) is 43.9 Å². The fourth-order valence-electron chi connectivity index (χ4n) is 0.303. The first-order valence-corrected chi connectivity index (χ1v) is 3.73. The molecule has 0 aliphatic carbocycles. The molecule has 0 aromatic rings. The quantitative estimate of drug-likeness (QED) is 0.411. The zero-order valence-corrected chi connectivity index (χ0v) is 7.12. The van der Waals surface area contributed by atoms with E-state index >= 15 is 0 Å². The van der Waals surface area contributed by atoms with Gasteiger partial charge in [0.25, 0.3) is 0 Å². The predicted octanol–water partition coefficient (Wildman–Crippen LogP) is 3.11. The number of rotatable bonds is 2. The largest absolute Gasteiger partial charge is 0.510 e. The molecule has 0 heterocycles. The highest BCUT2D eigenvalue weighted by Gasteiger charge is 2.78. The Hall–Kier alpha value is -0.350. The highest BCUT2D eigenvalue weighted by atomic mass is 32.2. The molecule has 0 aliphatic heterocycles. The van der Waals surface area contributed by atoms with Crippen molar-refractivity contribution in [3.05, 3.63) is 0 Å². The lowest BCUT2D eigenvalue weighted by Crippen LogP contribution is -2.49. The number of hydrogen-bond acceptors (Lipinski definition) is 0. The third-order valence-corrected chi connectivity index (χ3v) is 2.03. The Bertz CT molecular complexity index is 199. The average molecular weight is 271 g/mol. The molecule has 0 spiro atoms. The summed E-state index contributed by atoms with van der Waals surface area (Å²) in [5.41, 5.74) is 0. The number of hydrogen-bond donors (Lipinski definition) is 0. The highest BCUT2D eigenvalue weighted by molar-refractivity contribution is 7.80. The minimum Gasteiger partial charge on any atom is -0.160 e. The summed E-state index contributed by atoms with van der Waals surface area (Å²) in [6.07, 6.45) is -12.9. The SMILES string of the molecule is FC(F)(F)C(F)(F)[SH+]C(F)(F)C(F)(F)F. The van der Waals surface area contributed by atoms with Gasteiger partial charge in [0.15, 0.2) is 0 Å². The van der Waals surface area contributed by atoms with Crippen LogP contribution in [0.3, 0.4) is 0 Å². The van der Waals surface area contributed by atoms with E-state index in [0.29, 0.717) is 0 Å². The van der Waals surface area contributed by atoms with Gasteiger partial charge in [-0.2, -0.15) is 26.3 Å². The maximum absolute atomic E-state index is 11.8. The van der Waals surface area contributed by atoms with Gasteiger partial charge in [-0.3, -0.25) is 0 Å².